The molecule has 7 heteroatoms. The quantitative estimate of drug-likeness (QED) is 0.467. The van der Waals surface area contributed by atoms with Crippen molar-refractivity contribution in [3.05, 3.63) is 52.8 Å². The van der Waals surface area contributed by atoms with Gasteiger partial charge in [0.25, 0.3) is 0 Å². The van der Waals surface area contributed by atoms with Crippen molar-refractivity contribution in [2.24, 2.45) is 0 Å². The number of carbonyl (C=O) groups is 1. The number of rotatable bonds is 3. The molecule has 0 fully saturated rings. The molecule has 1 aromatic carbocycles. The van der Waals surface area contributed by atoms with Crippen LogP contribution in [0, 0.1) is 11.3 Å². The molecular formula is C15H11Cl3N2O2. The Bertz CT molecular complexity index is 692. The zero-order valence-corrected chi connectivity index (χ0v) is 13.7. The molecule has 1 atom stereocenters. The molecule has 2 rings (SSSR count). The van der Waals surface area contributed by atoms with Crippen LogP contribution >= 0.6 is 34.8 Å². The number of halogens is 3. The van der Waals surface area contributed by atoms with Crippen LogP contribution in [0.4, 0.5) is 0 Å². The number of alkyl halides is 2. The molecule has 1 aliphatic heterocycles. The summed E-state index contributed by atoms with van der Waals surface area (Å²) in [6.07, 6.45) is 4.79. The average Bonchev–Trinajstić information content (AvgIpc) is 2.53. The van der Waals surface area contributed by atoms with Crippen molar-refractivity contribution in [3.63, 3.8) is 0 Å². The molecular weight excluding hydrogens is 347 g/mol. The molecule has 1 heterocycles. The Balaban J connectivity index is 2.52. The van der Waals surface area contributed by atoms with E-state index in [4.69, 9.17) is 34.8 Å². The standard InChI is InChI=1S/C15H11Cl3N2O2/c1-22-14(21)12(16)8-20-7-6-10-4-2-3-5-11(10)13(20)15(17,18)9-19/h2-8,13H,1H3/b12-8-. The SMILES string of the molecule is COC(=O)/C(Cl)=C/N1C=Cc2ccccc2C1C(Cl)(Cl)C#N. The van der Waals surface area contributed by atoms with Crippen molar-refractivity contribution in [3.8, 4) is 6.07 Å². The summed E-state index contributed by atoms with van der Waals surface area (Å²) in [6, 6.07) is 8.51. The van der Waals surface area contributed by atoms with Crippen molar-refractivity contribution in [2.75, 3.05) is 7.11 Å². The molecule has 0 spiro atoms. The van der Waals surface area contributed by atoms with Gasteiger partial charge in [-0.1, -0.05) is 59.1 Å². The molecule has 0 aliphatic carbocycles. The summed E-state index contributed by atoms with van der Waals surface area (Å²) in [4.78, 5) is 13.0. The monoisotopic (exact) mass is 356 g/mol. The minimum atomic E-state index is -1.73. The lowest BCUT2D eigenvalue weighted by Gasteiger charge is -2.36. The van der Waals surface area contributed by atoms with Crippen molar-refractivity contribution in [1.82, 2.24) is 4.90 Å². The molecule has 1 aromatic rings. The van der Waals surface area contributed by atoms with Gasteiger partial charge < -0.3 is 9.64 Å². The second-order valence-corrected chi connectivity index (χ2v) is 6.29. The predicted molar refractivity (Wildman–Crippen MR) is 86.1 cm³/mol. The Morgan fingerprint density at radius 2 is 2.14 bits per heavy atom. The van der Waals surface area contributed by atoms with Gasteiger partial charge in [0.05, 0.1) is 7.11 Å². The Hall–Kier alpha value is -1.67. The average molecular weight is 358 g/mol. The zero-order valence-electron chi connectivity index (χ0n) is 11.5. The third-order valence-corrected chi connectivity index (χ3v) is 3.98. The van der Waals surface area contributed by atoms with Crippen LogP contribution in [0.3, 0.4) is 0 Å². The fourth-order valence-corrected chi connectivity index (χ4v) is 2.82. The number of hydrogen-bond donors (Lipinski definition) is 0. The van der Waals surface area contributed by atoms with Crippen molar-refractivity contribution < 1.29 is 9.53 Å². The van der Waals surface area contributed by atoms with Crippen LogP contribution in [-0.2, 0) is 9.53 Å². The molecule has 114 valence electrons. The van der Waals surface area contributed by atoms with Crippen LogP contribution in [0.1, 0.15) is 17.2 Å². The molecule has 0 aromatic heterocycles. The smallest absolute Gasteiger partial charge is 0.350 e. The lowest BCUT2D eigenvalue weighted by Crippen LogP contribution is -2.35. The number of esters is 1. The maximum Gasteiger partial charge on any atom is 0.350 e. The van der Waals surface area contributed by atoms with Gasteiger partial charge in [-0.25, -0.2) is 4.79 Å². The van der Waals surface area contributed by atoms with E-state index >= 15 is 0 Å². The van der Waals surface area contributed by atoms with Gasteiger partial charge in [0.15, 0.2) is 0 Å². The van der Waals surface area contributed by atoms with Crippen LogP contribution in [0.5, 0.6) is 0 Å². The van der Waals surface area contributed by atoms with Crippen molar-refractivity contribution >= 4 is 46.8 Å². The number of fused-ring (bicyclic) bond motifs is 1. The first-order chi connectivity index (χ1) is 10.4. The second-order valence-electron chi connectivity index (χ2n) is 4.50. The number of carbonyl (C=O) groups excluding carboxylic acids is 1. The number of benzene rings is 1. The molecule has 22 heavy (non-hydrogen) atoms. The van der Waals surface area contributed by atoms with Gasteiger partial charge in [-0.05, 0) is 17.2 Å². The maximum absolute atomic E-state index is 11.5. The fourth-order valence-electron chi connectivity index (χ4n) is 2.17. The number of methoxy groups -OCH3 is 1. The van der Waals surface area contributed by atoms with Gasteiger partial charge in [-0.3, -0.25) is 0 Å². The fraction of sp³-hybridized carbons (Fsp3) is 0.200. The maximum atomic E-state index is 11.5. The molecule has 1 unspecified atom stereocenters. The Kier molecular flexibility index (Phi) is 5.02. The molecule has 0 saturated carbocycles. The molecule has 0 saturated heterocycles. The molecule has 0 amide bonds. The number of nitriles is 1. The van der Waals surface area contributed by atoms with Crippen molar-refractivity contribution in [1.29, 1.82) is 5.26 Å². The third-order valence-electron chi connectivity index (χ3n) is 3.15. The van der Waals surface area contributed by atoms with Crippen molar-refractivity contribution in [2.45, 2.75) is 10.4 Å². The van der Waals surface area contributed by atoms with E-state index in [1.54, 1.807) is 6.20 Å². The van der Waals surface area contributed by atoms with E-state index in [1.807, 2.05) is 36.4 Å². The van der Waals surface area contributed by atoms with E-state index in [2.05, 4.69) is 4.74 Å². The largest absolute Gasteiger partial charge is 0.465 e. The zero-order chi connectivity index (χ0) is 16.3. The number of nitrogens with zero attached hydrogens (tertiary/aromatic N) is 2. The van der Waals surface area contributed by atoms with E-state index in [0.717, 1.165) is 11.1 Å². The summed E-state index contributed by atoms with van der Waals surface area (Å²) in [5.41, 5.74) is 1.63. The van der Waals surface area contributed by atoms with Crippen LogP contribution in [0.15, 0.2) is 41.7 Å². The van der Waals surface area contributed by atoms with Gasteiger partial charge in [0.1, 0.15) is 17.1 Å². The third kappa shape index (κ3) is 3.22. The molecule has 1 aliphatic rings. The minimum Gasteiger partial charge on any atom is -0.465 e. The normalized spacial score (nSPS) is 17.7. The summed E-state index contributed by atoms with van der Waals surface area (Å²) in [5, 5.41) is 9.12. The van der Waals surface area contributed by atoms with E-state index in [9.17, 15) is 10.1 Å². The first-order valence-corrected chi connectivity index (χ1v) is 7.33. The Morgan fingerprint density at radius 1 is 1.45 bits per heavy atom. The Morgan fingerprint density at radius 3 is 2.77 bits per heavy atom. The highest BCUT2D eigenvalue weighted by atomic mass is 35.5. The van der Waals surface area contributed by atoms with Gasteiger partial charge in [-0.15, -0.1) is 0 Å². The molecule has 4 nitrogen and oxygen atoms in total. The number of ether oxygens (including phenoxy) is 1. The summed E-state index contributed by atoms with van der Waals surface area (Å²) < 4.78 is 2.82. The predicted octanol–water partition coefficient (Wildman–Crippen LogP) is 3.96. The lowest BCUT2D eigenvalue weighted by molar-refractivity contribution is -0.135. The highest BCUT2D eigenvalue weighted by Gasteiger charge is 2.41. The summed E-state index contributed by atoms with van der Waals surface area (Å²) in [5.74, 6) is -0.695. The van der Waals surface area contributed by atoms with E-state index in [-0.39, 0.29) is 5.03 Å². The summed E-state index contributed by atoms with van der Waals surface area (Å²) in [7, 11) is 1.22. The second kappa shape index (κ2) is 6.62. The van der Waals surface area contributed by atoms with Crippen LogP contribution in [-0.4, -0.2) is 22.3 Å². The minimum absolute atomic E-state index is 0.154. The van der Waals surface area contributed by atoms with E-state index < -0.39 is 16.3 Å². The van der Waals surface area contributed by atoms with Gasteiger partial charge in [-0.2, -0.15) is 5.26 Å². The highest BCUT2D eigenvalue weighted by Crippen LogP contribution is 2.44. The lowest BCUT2D eigenvalue weighted by atomic mass is 9.94. The summed E-state index contributed by atoms with van der Waals surface area (Å²) in [6.45, 7) is 0. The number of hydrogen-bond acceptors (Lipinski definition) is 4. The molecule has 0 N–H and O–H groups in total. The first-order valence-electron chi connectivity index (χ1n) is 6.20. The van der Waals surface area contributed by atoms with Gasteiger partial charge >= 0.3 is 5.97 Å². The Labute approximate surface area is 143 Å². The van der Waals surface area contributed by atoms with Gasteiger partial charge in [0.2, 0.25) is 4.33 Å². The van der Waals surface area contributed by atoms with Crippen LogP contribution in [0.2, 0.25) is 0 Å². The van der Waals surface area contributed by atoms with Gasteiger partial charge in [0, 0.05) is 12.4 Å². The molecule has 0 bridgehead atoms. The van der Waals surface area contributed by atoms with E-state index in [0.29, 0.717) is 0 Å². The van der Waals surface area contributed by atoms with Crippen LogP contribution in [0.25, 0.3) is 6.08 Å². The summed E-state index contributed by atoms with van der Waals surface area (Å²) >= 11 is 18.2. The van der Waals surface area contributed by atoms with Crippen LogP contribution < -0.4 is 0 Å². The van der Waals surface area contributed by atoms with E-state index in [1.165, 1.54) is 18.2 Å². The highest BCUT2D eigenvalue weighted by molar-refractivity contribution is 6.51. The topological polar surface area (TPSA) is 53.3 Å². The first kappa shape index (κ1) is 16.7. The molecule has 0 radical (unpaired) electrons.